The van der Waals surface area contributed by atoms with Gasteiger partial charge in [0.05, 0.1) is 0 Å². The van der Waals surface area contributed by atoms with E-state index in [1.807, 2.05) is 0 Å². The highest BCUT2D eigenvalue weighted by Gasteiger charge is 2.46. The highest BCUT2D eigenvalue weighted by Crippen LogP contribution is 2.24. The summed E-state index contributed by atoms with van der Waals surface area (Å²) >= 11 is 5.32. The normalized spacial score (nSPS) is 12.5. The van der Waals surface area contributed by atoms with Gasteiger partial charge in [0.15, 0.2) is 0 Å². The van der Waals surface area contributed by atoms with Crippen LogP contribution in [-0.4, -0.2) is 23.9 Å². The standard InChI is InChI=1S/C5H3ClF3N3O2S/c6-3-1-2-10-4(11-3)12-15(13,14)5(7,8)9/h1-2H,(H,10,11,12). The molecule has 1 heterocycles. The number of alkyl halides is 3. The van der Waals surface area contributed by atoms with E-state index in [9.17, 15) is 21.6 Å². The van der Waals surface area contributed by atoms with E-state index in [4.69, 9.17) is 11.6 Å². The summed E-state index contributed by atoms with van der Waals surface area (Å²) in [4.78, 5) is 6.49. The monoisotopic (exact) mass is 261 g/mol. The van der Waals surface area contributed by atoms with E-state index in [2.05, 4.69) is 9.97 Å². The molecule has 0 saturated carbocycles. The van der Waals surface area contributed by atoms with Crippen LogP contribution in [0.4, 0.5) is 19.1 Å². The van der Waals surface area contributed by atoms with Crippen LogP contribution >= 0.6 is 11.6 Å². The fraction of sp³-hybridized carbons (Fsp3) is 0.200. The Kier molecular flexibility index (Phi) is 3.05. The molecular formula is C5H3ClF3N3O2S. The van der Waals surface area contributed by atoms with Gasteiger partial charge < -0.3 is 0 Å². The second-order valence-corrected chi connectivity index (χ2v) is 4.32. The average molecular weight is 262 g/mol. The maximum atomic E-state index is 11.9. The first kappa shape index (κ1) is 12.0. The molecule has 1 aromatic heterocycles. The number of aromatic nitrogens is 2. The lowest BCUT2D eigenvalue weighted by atomic mass is 10.7. The molecule has 0 aliphatic rings. The molecule has 0 amide bonds. The van der Waals surface area contributed by atoms with Crippen molar-refractivity contribution in [2.24, 2.45) is 0 Å². The molecule has 0 unspecified atom stereocenters. The highest BCUT2D eigenvalue weighted by molar-refractivity contribution is 7.93. The Hall–Kier alpha value is -1.09. The van der Waals surface area contributed by atoms with Crippen molar-refractivity contribution in [3.05, 3.63) is 17.4 Å². The van der Waals surface area contributed by atoms with Gasteiger partial charge >= 0.3 is 15.5 Å². The zero-order chi connectivity index (χ0) is 11.7. The minimum atomic E-state index is -5.50. The Bertz CT molecular complexity index is 461. The minimum absolute atomic E-state index is 0.176. The van der Waals surface area contributed by atoms with E-state index in [0.717, 1.165) is 10.9 Å². The Morgan fingerprint density at radius 2 is 2.00 bits per heavy atom. The van der Waals surface area contributed by atoms with Crippen molar-refractivity contribution in [3.63, 3.8) is 0 Å². The van der Waals surface area contributed by atoms with Gasteiger partial charge in [0, 0.05) is 6.20 Å². The van der Waals surface area contributed by atoms with Crippen molar-refractivity contribution in [2.75, 3.05) is 4.72 Å². The number of nitrogens with zero attached hydrogens (tertiary/aromatic N) is 2. The number of hydrogen-bond acceptors (Lipinski definition) is 4. The molecule has 1 N–H and O–H groups in total. The SMILES string of the molecule is O=S(=O)(Nc1nccc(Cl)n1)C(F)(F)F. The summed E-state index contributed by atoms with van der Waals surface area (Å²) in [5.41, 5.74) is -5.42. The number of anilines is 1. The third kappa shape index (κ3) is 2.93. The Morgan fingerprint density at radius 1 is 1.40 bits per heavy atom. The molecule has 0 aliphatic carbocycles. The van der Waals surface area contributed by atoms with Crippen LogP contribution in [0.5, 0.6) is 0 Å². The summed E-state index contributed by atoms with van der Waals surface area (Å²) < 4.78 is 57.9. The minimum Gasteiger partial charge on any atom is -0.244 e. The second kappa shape index (κ2) is 3.81. The van der Waals surface area contributed by atoms with Gasteiger partial charge in [-0.25, -0.2) is 14.7 Å². The molecule has 0 aliphatic heterocycles. The molecule has 0 fully saturated rings. The molecular weight excluding hydrogens is 259 g/mol. The summed E-state index contributed by atoms with van der Waals surface area (Å²) in [5.74, 6) is -0.736. The largest absolute Gasteiger partial charge is 0.516 e. The third-order valence-corrected chi connectivity index (χ3v) is 2.42. The number of nitrogens with one attached hydrogen (secondary N) is 1. The lowest BCUT2D eigenvalue weighted by Gasteiger charge is -2.08. The van der Waals surface area contributed by atoms with Crippen molar-refractivity contribution >= 4 is 27.6 Å². The van der Waals surface area contributed by atoms with Crippen LogP contribution in [0.25, 0.3) is 0 Å². The van der Waals surface area contributed by atoms with Gasteiger partial charge in [-0.2, -0.15) is 21.6 Å². The fourth-order valence-electron chi connectivity index (χ4n) is 0.564. The summed E-state index contributed by atoms with van der Waals surface area (Å²) in [6.07, 6.45) is 1.02. The summed E-state index contributed by atoms with van der Waals surface area (Å²) in [6, 6.07) is 1.19. The van der Waals surface area contributed by atoms with Crippen LogP contribution < -0.4 is 4.72 Å². The zero-order valence-electron chi connectivity index (χ0n) is 6.79. The Labute approximate surface area is 87.3 Å². The number of hydrogen-bond donors (Lipinski definition) is 1. The van der Waals surface area contributed by atoms with E-state index in [0.29, 0.717) is 0 Å². The first-order valence-corrected chi connectivity index (χ1v) is 5.16. The molecule has 0 aromatic carbocycles. The van der Waals surface area contributed by atoms with Gasteiger partial charge in [-0.3, -0.25) is 0 Å². The smallest absolute Gasteiger partial charge is 0.244 e. The van der Waals surface area contributed by atoms with E-state index in [-0.39, 0.29) is 5.15 Å². The predicted molar refractivity (Wildman–Crippen MR) is 45.6 cm³/mol. The van der Waals surface area contributed by atoms with Crippen LogP contribution in [0.2, 0.25) is 5.15 Å². The van der Waals surface area contributed by atoms with Gasteiger partial charge in [0.2, 0.25) is 5.95 Å². The number of rotatable bonds is 2. The molecule has 1 rings (SSSR count). The molecule has 1 aromatic rings. The topological polar surface area (TPSA) is 72.0 Å². The molecule has 84 valence electrons. The van der Waals surface area contributed by atoms with E-state index in [1.54, 1.807) is 0 Å². The van der Waals surface area contributed by atoms with Crippen LogP contribution in [-0.2, 0) is 10.0 Å². The van der Waals surface area contributed by atoms with E-state index >= 15 is 0 Å². The zero-order valence-corrected chi connectivity index (χ0v) is 8.36. The van der Waals surface area contributed by atoms with Gasteiger partial charge in [-0.05, 0) is 6.07 Å². The van der Waals surface area contributed by atoms with Crippen LogP contribution in [0.3, 0.4) is 0 Å². The van der Waals surface area contributed by atoms with Crippen molar-refractivity contribution < 1.29 is 21.6 Å². The first-order chi connectivity index (χ1) is 6.72. The lowest BCUT2D eigenvalue weighted by Crippen LogP contribution is -2.30. The molecule has 0 radical (unpaired) electrons. The molecule has 15 heavy (non-hydrogen) atoms. The van der Waals surface area contributed by atoms with Crippen LogP contribution in [0, 0.1) is 0 Å². The predicted octanol–water partition coefficient (Wildman–Crippen LogP) is 1.39. The van der Waals surface area contributed by atoms with Gasteiger partial charge in [0.25, 0.3) is 0 Å². The summed E-state index contributed by atoms with van der Waals surface area (Å²) in [5, 5.41) is -0.176. The molecule has 0 saturated heterocycles. The van der Waals surface area contributed by atoms with Crippen LogP contribution in [0.1, 0.15) is 0 Å². The molecule has 0 spiro atoms. The number of sulfonamides is 1. The third-order valence-electron chi connectivity index (χ3n) is 1.15. The van der Waals surface area contributed by atoms with Crippen molar-refractivity contribution in [3.8, 4) is 0 Å². The quantitative estimate of drug-likeness (QED) is 0.817. The van der Waals surface area contributed by atoms with Gasteiger partial charge in [-0.15, -0.1) is 0 Å². The lowest BCUT2D eigenvalue weighted by molar-refractivity contribution is -0.0429. The summed E-state index contributed by atoms with van der Waals surface area (Å²) in [7, 11) is -5.50. The van der Waals surface area contributed by atoms with Crippen LogP contribution in [0.15, 0.2) is 12.3 Å². The van der Waals surface area contributed by atoms with Gasteiger partial charge in [-0.1, -0.05) is 11.6 Å². The number of halogens is 4. The molecule has 5 nitrogen and oxygen atoms in total. The van der Waals surface area contributed by atoms with E-state index < -0.39 is 21.5 Å². The van der Waals surface area contributed by atoms with E-state index in [1.165, 1.54) is 6.07 Å². The molecule has 10 heteroatoms. The average Bonchev–Trinajstić information content (AvgIpc) is 2.00. The van der Waals surface area contributed by atoms with Gasteiger partial charge in [0.1, 0.15) is 5.15 Å². The first-order valence-electron chi connectivity index (χ1n) is 3.30. The Balaban J connectivity index is 2.98. The molecule has 0 bridgehead atoms. The fourth-order valence-corrected chi connectivity index (χ4v) is 1.15. The van der Waals surface area contributed by atoms with Crippen molar-refractivity contribution in [2.45, 2.75) is 5.51 Å². The maximum Gasteiger partial charge on any atom is 0.516 e. The summed E-state index contributed by atoms with van der Waals surface area (Å²) in [6.45, 7) is 0. The second-order valence-electron chi connectivity index (χ2n) is 2.25. The Morgan fingerprint density at radius 3 is 2.47 bits per heavy atom. The maximum absolute atomic E-state index is 11.9. The van der Waals surface area contributed by atoms with Crippen molar-refractivity contribution in [1.29, 1.82) is 0 Å². The van der Waals surface area contributed by atoms with Crippen molar-refractivity contribution in [1.82, 2.24) is 9.97 Å². The molecule has 0 atom stereocenters. The highest BCUT2D eigenvalue weighted by atomic mass is 35.5.